The number of allylic oxidation sites excluding steroid dienone is 2. The van der Waals surface area contributed by atoms with Crippen molar-refractivity contribution in [2.75, 3.05) is 19.0 Å². The fourth-order valence-electron chi connectivity index (χ4n) is 5.32. The van der Waals surface area contributed by atoms with Gasteiger partial charge in [-0.15, -0.1) is 0 Å². The van der Waals surface area contributed by atoms with Crippen LogP contribution in [0.25, 0.3) is 0 Å². The number of anilines is 1. The van der Waals surface area contributed by atoms with Crippen molar-refractivity contribution >= 4 is 17.6 Å². The number of fused-ring (bicyclic) bond motifs is 3. The summed E-state index contributed by atoms with van der Waals surface area (Å²) < 4.78 is 10.8. The summed E-state index contributed by atoms with van der Waals surface area (Å²) >= 11 is 0. The molecule has 2 aliphatic rings. The summed E-state index contributed by atoms with van der Waals surface area (Å²) in [4.78, 5) is 24.7. The minimum Gasteiger partial charge on any atom is -0.493 e. The summed E-state index contributed by atoms with van der Waals surface area (Å²) in [5.41, 5.74) is 4.87. The van der Waals surface area contributed by atoms with Crippen LogP contribution in [0.4, 0.5) is 5.69 Å². The summed E-state index contributed by atoms with van der Waals surface area (Å²) in [6.45, 7) is 1.94. The molecule has 3 aromatic carbocycles. The molecule has 0 aromatic heterocycles. The highest BCUT2D eigenvalue weighted by Gasteiger charge is 2.39. The lowest BCUT2D eigenvalue weighted by molar-refractivity contribution is -0.132. The Kier molecular flexibility index (Phi) is 6.76. The Morgan fingerprint density at radius 3 is 2.64 bits per heavy atom. The number of amides is 1. The number of ether oxygens (including phenoxy) is 2. The lowest BCUT2D eigenvalue weighted by atomic mass is 9.76. The number of hydrogen-bond donors (Lipinski definition) is 2. The van der Waals surface area contributed by atoms with E-state index in [9.17, 15) is 9.59 Å². The minimum absolute atomic E-state index is 0.0314. The summed E-state index contributed by atoms with van der Waals surface area (Å²) in [6, 6.07) is 21.7. The molecule has 0 fully saturated rings. The van der Waals surface area contributed by atoms with Crippen LogP contribution in [-0.2, 0) is 11.2 Å². The monoisotopic (exact) mass is 482 g/mol. The second kappa shape index (κ2) is 10.3. The van der Waals surface area contributed by atoms with Crippen LogP contribution in [0.5, 0.6) is 11.5 Å². The van der Waals surface area contributed by atoms with E-state index in [-0.39, 0.29) is 17.9 Å². The van der Waals surface area contributed by atoms with E-state index < -0.39 is 5.97 Å². The molecule has 0 radical (unpaired) electrons. The molecule has 3 unspecified atom stereocenters. The van der Waals surface area contributed by atoms with Gasteiger partial charge >= 0.3 is 5.97 Å². The molecule has 3 atom stereocenters. The number of carbonyl (C=O) groups excluding carboxylic acids is 2. The van der Waals surface area contributed by atoms with Crippen LogP contribution >= 0.6 is 0 Å². The predicted octanol–water partition coefficient (Wildman–Crippen LogP) is 5.42. The molecule has 3 aromatic rings. The Bertz CT molecular complexity index is 1300. The highest BCUT2D eigenvalue weighted by molar-refractivity contribution is 6.00. The zero-order valence-corrected chi connectivity index (χ0v) is 20.5. The van der Waals surface area contributed by atoms with Gasteiger partial charge in [0.25, 0.3) is 5.91 Å². The summed E-state index contributed by atoms with van der Waals surface area (Å²) in [6.07, 6.45) is 6.18. The van der Waals surface area contributed by atoms with Crippen LogP contribution in [0.15, 0.2) is 78.9 Å². The smallest absolute Gasteiger partial charge is 0.308 e. The second-order valence-corrected chi connectivity index (χ2v) is 9.24. The number of para-hydroxylation sites is 1. The van der Waals surface area contributed by atoms with Crippen molar-refractivity contribution in [2.24, 2.45) is 5.92 Å². The normalized spacial score (nSPS) is 19.6. The van der Waals surface area contributed by atoms with E-state index >= 15 is 0 Å². The number of methoxy groups -OCH3 is 1. The van der Waals surface area contributed by atoms with Crippen LogP contribution in [0, 0.1) is 5.92 Å². The van der Waals surface area contributed by atoms with Crippen LogP contribution in [0.2, 0.25) is 0 Å². The lowest BCUT2D eigenvalue weighted by Gasteiger charge is -2.38. The molecule has 1 aliphatic heterocycles. The number of rotatable bonds is 7. The standard InChI is InChI=1S/C30H30N2O4/c1-19(33)36-26-15-14-21(18-27(26)35-2)28-23-11-6-10-22(23)24-12-7-13-25(29(24)32-28)30(34)31-17-16-20-8-4-3-5-9-20/h3-10,12-15,18,22-23,28,32H,11,16-17H2,1-2H3,(H,31,34). The maximum atomic E-state index is 13.3. The third-order valence-electron chi connectivity index (χ3n) is 6.98. The van der Waals surface area contributed by atoms with Crippen molar-refractivity contribution < 1.29 is 19.1 Å². The summed E-state index contributed by atoms with van der Waals surface area (Å²) in [5.74, 6) is 0.931. The van der Waals surface area contributed by atoms with Gasteiger partial charge in [-0.1, -0.05) is 60.7 Å². The fourth-order valence-corrected chi connectivity index (χ4v) is 5.32. The van der Waals surface area contributed by atoms with E-state index in [4.69, 9.17) is 9.47 Å². The number of hydrogen-bond acceptors (Lipinski definition) is 5. The molecular weight excluding hydrogens is 452 g/mol. The van der Waals surface area contributed by atoms with Crippen LogP contribution in [0.1, 0.15) is 52.4 Å². The molecule has 0 bridgehead atoms. The van der Waals surface area contributed by atoms with Crippen LogP contribution < -0.4 is 20.1 Å². The van der Waals surface area contributed by atoms with Crippen LogP contribution in [0.3, 0.4) is 0 Å². The molecule has 1 aliphatic carbocycles. The molecule has 36 heavy (non-hydrogen) atoms. The molecule has 2 N–H and O–H groups in total. The number of carbonyl (C=O) groups is 2. The zero-order valence-electron chi connectivity index (χ0n) is 20.5. The Labute approximate surface area is 211 Å². The van der Waals surface area contributed by atoms with E-state index in [1.807, 2.05) is 42.5 Å². The summed E-state index contributed by atoms with van der Waals surface area (Å²) in [5, 5.41) is 6.78. The minimum atomic E-state index is -0.395. The number of esters is 1. The molecule has 6 heteroatoms. The fraction of sp³-hybridized carbons (Fsp3) is 0.267. The van der Waals surface area contributed by atoms with Gasteiger partial charge < -0.3 is 20.1 Å². The third-order valence-corrected chi connectivity index (χ3v) is 6.98. The number of nitrogens with one attached hydrogen (secondary N) is 2. The molecular formula is C30H30N2O4. The molecule has 6 nitrogen and oxygen atoms in total. The zero-order chi connectivity index (χ0) is 25.1. The third kappa shape index (κ3) is 4.71. The quantitative estimate of drug-likeness (QED) is 0.267. The van der Waals surface area contributed by atoms with Crippen molar-refractivity contribution in [3.63, 3.8) is 0 Å². The number of benzene rings is 3. The van der Waals surface area contributed by atoms with Gasteiger partial charge in [0.2, 0.25) is 0 Å². The highest BCUT2D eigenvalue weighted by Crippen LogP contribution is 2.51. The molecule has 0 saturated carbocycles. The van der Waals surface area contributed by atoms with E-state index in [0.717, 1.165) is 29.7 Å². The van der Waals surface area contributed by atoms with Crippen molar-refractivity contribution in [1.82, 2.24) is 5.32 Å². The average molecular weight is 483 g/mol. The lowest BCUT2D eigenvalue weighted by Crippen LogP contribution is -2.32. The van der Waals surface area contributed by atoms with Crippen molar-refractivity contribution in [1.29, 1.82) is 0 Å². The molecule has 1 heterocycles. The second-order valence-electron chi connectivity index (χ2n) is 9.24. The largest absolute Gasteiger partial charge is 0.493 e. The van der Waals surface area contributed by atoms with E-state index in [1.165, 1.54) is 12.5 Å². The first-order valence-electron chi connectivity index (χ1n) is 12.3. The van der Waals surface area contributed by atoms with Crippen molar-refractivity contribution in [3.05, 3.63) is 101 Å². The van der Waals surface area contributed by atoms with Gasteiger partial charge in [0.1, 0.15) is 0 Å². The first-order chi connectivity index (χ1) is 17.5. The Hall–Kier alpha value is -4.06. The van der Waals surface area contributed by atoms with Crippen LogP contribution in [-0.4, -0.2) is 25.5 Å². The van der Waals surface area contributed by atoms with Gasteiger partial charge in [-0.3, -0.25) is 9.59 Å². The van der Waals surface area contributed by atoms with Gasteiger partial charge in [-0.25, -0.2) is 0 Å². The first-order valence-corrected chi connectivity index (χ1v) is 12.3. The van der Waals surface area contributed by atoms with Gasteiger partial charge in [0.15, 0.2) is 11.5 Å². The molecule has 0 spiro atoms. The van der Waals surface area contributed by atoms with E-state index in [0.29, 0.717) is 29.5 Å². The topological polar surface area (TPSA) is 76.7 Å². The SMILES string of the molecule is COc1cc(C2Nc3c(C(=O)NCCc4ccccc4)cccc3C3C=CCC32)ccc1OC(C)=O. The highest BCUT2D eigenvalue weighted by atomic mass is 16.6. The maximum Gasteiger partial charge on any atom is 0.308 e. The maximum absolute atomic E-state index is 13.3. The average Bonchev–Trinajstić information content (AvgIpc) is 3.39. The molecule has 1 amide bonds. The summed E-state index contributed by atoms with van der Waals surface area (Å²) in [7, 11) is 1.56. The first kappa shape index (κ1) is 23.7. The van der Waals surface area contributed by atoms with Gasteiger partial charge in [-0.2, -0.15) is 0 Å². The van der Waals surface area contributed by atoms with Gasteiger partial charge in [-0.05, 0) is 53.6 Å². The van der Waals surface area contributed by atoms with Crippen molar-refractivity contribution in [3.8, 4) is 11.5 Å². The molecule has 5 rings (SSSR count). The Morgan fingerprint density at radius 2 is 1.86 bits per heavy atom. The van der Waals surface area contributed by atoms with Gasteiger partial charge in [0.05, 0.1) is 24.4 Å². The predicted molar refractivity (Wildman–Crippen MR) is 140 cm³/mol. The van der Waals surface area contributed by atoms with E-state index in [1.54, 1.807) is 13.2 Å². The molecule has 184 valence electrons. The Morgan fingerprint density at radius 1 is 1.03 bits per heavy atom. The Balaban J connectivity index is 1.42. The van der Waals surface area contributed by atoms with Gasteiger partial charge in [0, 0.05) is 19.4 Å². The molecule has 0 saturated heterocycles. The van der Waals surface area contributed by atoms with E-state index in [2.05, 4.69) is 41.0 Å². The van der Waals surface area contributed by atoms with Crippen molar-refractivity contribution in [2.45, 2.75) is 31.7 Å².